The van der Waals surface area contributed by atoms with Crippen molar-refractivity contribution >= 4 is 23.4 Å². The third kappa shape index (κ3) is 4.92. The zero-order valence-corrected chi connectivity index (χ0v) is 19.9. The minimum Gasteiger partial charge on any atom is -0.379 e. The Morgan fingerprint density at radius 3 is 2.69 bits per heavy atom. The minimum absolute atomic E-state index is 0.137. The standard InChI is InChI=1S/C21H26F3N9O2/c1-11-16-18(31(3)17(12(2)35-5)19(34)28-16)29-20(27-11)25-7-13-8-26-33(9-13)10-14-6-15(21(22,23)24)30-32(14)4/h6,8-9,12,17H,7,10H2,1-5H3,(H,28,34)(H,25,27,29)/t12-,17-/m0/s1. The predicted molar refractivity (Wildman–Crippen MR) is 121 cm³/mol. The number of carbonyl (C=O) groups excluding carboxylic acids is 1. The van der Waals surface area contributed by atoms with Gasteiger partial charge in [0.25, 0.3) is 0 Å². The predicted octanol–water partition coefficient (Wildman–Crippen LogP) is 2.19. The molecule has 4 rings (SSSR count). The van der Waals surface area contributed by atoms with Crippen molar-refractivity contribution < 1.29 is 22.7 Å². The van der Waals surface area contributed by atoms with Crippen molar-refractivity contribution in [2.24, 2.45) is 7.05 Å². The van der Waals surface area contributed by atoms with Gasteiger partial charge < -0.3 is 20.3 Å². The first-order chi connectivity index (χ1) is 16.5. The fourth-order valence-electron chi connectivity index (χ4n) is 3.92. The Balaban J connectivity index is 1.46. The van der Waals surface area contributed by atoms with Gasteiger partial charge in [0.15, 0.2) is 11.5 Å². The molecule has 0 aliphatic carbocycles. The van der Waals surface area contributed by atoms with Gasteiger partial charge in [-0.1, -0.05) is 0 Å². The number of nitrogens with zero attached hydrogens (tertiary/aromatic N) is 7. The molecule has 0 bridgehead atoms. The Labute approximate surface area is 199 Å². The number of nitrogens with one attached hydrogen (secondary N) is 2. The second-order valence-electron chi connectivity index (χ2n) is 8.36. The number of anilines is 3. The number of aromatic nitrogens is 6. The number of ether oxygens (including phenoxy) is 1. The average Bonchev–Trinajstić information content (AvgIpc) is 3.39. The molecule has 1 amide bonds. The van der Waals surface area contributed by atoms with E-state index < -0.39 is 17.9 Å². The van der Waals surface area contributed by atoms with Gasteiger partial charge in [0.1, 0.15) is 11.7 Å². The summed E-state index contributed by atoms with van der Waals surface area (Å²) in [6, 6.07) is 0.466. The quantitative estimate of drug-likeness (QED) is 0.515. The van der Waals surface area contributed by atoms with Gasteiger partial charge in [0.05, 0.1) is 30.2 Å². The van der Waals surface area contributed by atoms with Crippen molar-refractivity contribution in [2.45, 2.75) is 45.3 Å². The molecule has 11 nitrogen and oxygen atoms in total. The number of aryl methyl sites for hydroxylation is 2. The van der Waals surface area contributed by atoms with E-state index >= 15 is 0 Å². The summed E-state index contributed by atoms with van der Waals surface area (Å²) in [5.41, 5.74) is 1.37. The molecule has 3 aromatic heterocycles. The second-order valence-corrected chi connectivity index (χ2v) is 8.36. The van der Waals surface area contributed by atoms with E-state index in [0.717, 1.165) is 11.6 Å². The van der Waals surface area contributed by atoms with Crippen molar-refractivity contribution in [2.75, 3.05) is 29.7 Å². The van der Waals surface area contributed by atoms with Crippen LogP contribution in [0.4, 0.5) is 30.6 Å². The van der Waals surface area contributed by atoms with Gasteiger partial charge in [-0.2, -0.15) is 28.4 Å². The summed E-state index contributed by atoms with van der Waals surface area (Å²) < 4.78 is 46.8. The van der Waals surface area contributed by atoms with Crippen molar-refractivity contribution in [3.8, 4) is 0 Å². The van der Waals surface area contributed by atoms with Gasteiger partial charge in [-0.3, -0.25) is 14.2 Å². The number of methoxy groups -OCH3 is 1. The van der Waals surface area contributed by atoms with E-state index in [9.17, 15) is 18.0 Å². The third-order valence-corrected chi connectivity index (χ3v) is 5.88. The van der Waals surface area contributed by atoms with Crippen molar-refractivity contribution in [3.05, 3.63) is 41.1 Å². The van der Waals surface area contributed by atoms with Gasteiger partial charge in [0.2, 0.25) is 11.9 Å². The number of hydrogen-bond acceptors (Lipinski definition) is 8. The first kappa shape index (κ1) is 24.4. The first-order valence-electron chi connectivity index (χ1n) is 10.8. The number of alkyl halides is 3. The number of hydrogen-bond donors (Lipinski definition) is 2. The smallest absolute Gasteiger partial charge is 0.379 e. The molecule has 35 heavy (non-hydrogen) atoms. The fourth-order valence-corrected chi connectivity index (χ4v) is 3.92. The zero-order valence-electron chi connectivity index (χ0n) is 19.9. The molecule has 14 heteroatoms. The summed E-state index contributed by atoms with van der Waals surface area (Å²) in [6.45, 7) is 4.07. The summed E-state index contributed by atoms with van der Waals surface area (Å²) >= 11 is 0. The Hall–Kier alpha value is -3.68. The normalized spacial score (nSPS) is 16.7. The lowest BCUT2D eigenvalue weighted by Gasteiger charge is -2.37. The molecule has 0 spiro atoms. The van der Waals surface area contributed by atoms with E-state index in [-0.39, 0.29) is 18.6 Å². The van der Waals surface area contributed by atoms with E-state index in [0.29, 0.717) is 35.4 Å². The second kappa shape index (κ2) is 9.17. The number of carbonyl (C=O) groups is 1. The van der Waals surface area contributed by atoms with E-state index in [1.165, 1.54) is 16.4 Å². The fraction of sp³-hybridized carbons (Fsp3) is 0.476. The van der Waals surface area contributed by atoms with Crippen LogP contribution in [-0.4, -0.2) is 61.7 Å². The maximum absolute atomic E-state index is 12.9. The molecular formula is C21H26F3N9O2. The highest BCUT2D eigenvalue weighted by Crippen LogP contribution is 2.33. The van der Waals surface area contributed by atoms with Crippen LogP contribution >= 0.6 is 0 Å². The minimum atomic E-state index is -4.50. The summed E-state index contributed by atoms with van der Waals surface area (Å²) in [5, 5.41) is 13.8. The molecular weight excluding hydrogens is 467 g/mol. The molecule has 0 radical (unpaired) electrons. The topological polar surface area (TPSA) is 115 Å². The largest absolute Gasteiger partial charge is 0.435 e. The van der Waals surface area contributed by atoms with Crippen LogP contribution in [-0.2, 0) is 35.8 Å². The molecule has 3 aromatic rings. The van der Waals surface area contributed by atoms with Crippen LogP contribution in [0.15, 0.2) is 18.5 Å². The van der Waals surface area contributed by atoms with Gasteiger partial charge in [-0.05, 0) is 19.9 Å². The molecule has 0 aromatic carbocycles. The van der Waals surface area contributed by atoms with Gasteiger partial charge in [-0.15, -0.1) is 0 Å². The van der Waals surface area contributed by atoms with Gasteiger partial charge in [0, 0.05) is 39.5 Å². The van der Waals surface area contributed by atoms with Crippen molar-refractivity contribution in [1.29, 1.82) is 0 Å². The highest BCUT2D eigenvalue weighted by molar-refractivity contribution is 6.03. The monoisotopic (exact) mass is 493 g/mol. The molecule has 0 saturated heterocycles. The van der Waals surface area contributed by atoms with Crippen LogP contribution in [0.25, 0.3) is 0 Å². The first-order valence-corrected chi connectivity index (χ1v) is 10.8. The molecule has 1 aliphatic rings. The zero-order chi connectivity index (χ0) is 25.5. The number of rotatable bonds is 7. The van der Waals surface area contributed by atoms with E-state index in [1.54, 1.807) is 38.4 Å². The maximum Gasteiger partial charge on any atom is 0.435 e. The number of halogens is 3. The molecule has 0 fully saturated rings. The molecule has 2 N–H and O–H groups in total. The molecule has 188 valence electrons. The number of amides is 1. The summed E-state index contributed by atoms with van der Waals surface area (Å²) in [4.78, 5) is 23.3. The summed E-state index contributed by atoms with van der Waals surface area (Å²) in [7, 11) is 4.79. The Bertz CT molecular complexity index is 1240. The molecule has 4 heterocycles. The summed E-state index contributed by atoms with van der Waals surface area (Å²) in [5.74, 6) is 0.744. The Morgan fingerprint density at radius 1 is 1.29 bits per heavy atom. The highest BCUT2D eigenvalue weighted by atomic mass is 19.4. The highest BCUT2D eigenvalue weighted by Gasteiger charge is 2.37. The van der Waals surface area contributed by atoms with E-state index in [2.05, 4.69) is 30.8 Å². The van der Waals surface area contributed by atoms with Crippen LogP contribution in [0.3, 0.4) is 0 Å². The van der Waals surface area contributed by atoms with Crippen LogP contribution in [0.2, 0.25) is 0 Å². The lowest BCUT2D eigenvalue weighted by Crippen LogP contribution is -2.53. The lowest BCUT2D eigenvalue weighted by atomic mass is 10.1. The van der Waals surface area contributed by atoms with Gasteiger partial charge in [-0.25, -0.2) is 4.98 Å². The van der Waals surface area contributed by atoms with Crippen LogP contribution in [0.5, 0.6) is 0 Å². The van der Waals surface area contributed by atoms with Gasteiger partial charge >= 0.3 is 6.18 Å². The van der Waals surface area contributed by atoms with Crippen LogP contribution in [0.1, 0.15) is 29.6 Å². The molecule has 1 aliphatic heterocycles. The van der Waals surface area contributed by atoms with Crippen LogP contribution in [0, 0.1) is 6.92 Å². The number of likely N-dealkylation sites (N-methyl/N-ethyl adjacent to an activating group) is 1. The Kier molecular flexibility index (Phi) is 6.40. The van der Waals surface area contributed by atoms with Crippen molar-refractivity contribution in [3.63, 3.8) is 0 Å². The van der Waals surface area contributed by atoms with E-state index in [1.807, 2.05) is 6.92 Å². The molecule has 0 saturated carbocycles. The summed E-state index contributed by atoms with van der Waals surface area (Å²) in [6.07, 6.45) is -1.51. The number of fused-ring (bicyclic) bond motifs is 1. The van der Waals surface area contributed by atoms with Crippen LogP contribution < -0.4 is 15.5 Å². The maximum atomic E-state index is 12.9. The Morgan fingerprint density at radius 2 is 2.03 bits per heavy atom. The van der Waals surface area contributed by atoms with Crippen molar-refractivity contribution in [1.82, 2.24) is 29.5 Å². The average molecular weight is 493 g/mol. The SMILES string of the molecule is CO[C@@H](C)[C@H]1C(=O)Nc2c(C)nc(NCc3cnn(Cc4cc(C(F)(F)F)nn4C)c3)nc2N1C. The van der Waals surface area contributed by atoms with E-state index in [4.69, 9.17) is 4.74 Å². The molecule has 0 unspecified atom stereocenters. The molecule has 2 atom stereocenters. The lowest BCUT2D eigenvalue weighted by molar-refractivity contribution is -0.141. The third-order valence-electron chi connectivity index (χ3n) is 5.88.